The van der Waals surface area contributed by atoms with Gasteiger partial charge in [-0.3, -0.25) is 4.79 Å². The summed E-state index contributed by atoms with van der Waals surface area (Å²) >= 11 is 0. The second kappa shape index (κ2) is 5.87. The van der Waals surface area contributed by atoms with Gasteiger partial charge in [-0.25, -0.2) is 0 Å². The highest BCUT2D eigenvalue weighted by molar-refractivity contribution is 5.78. The topological polar surface area (TPSA) is 49.8 Å². The first-order valence-corrected chi connectivity index (χ1v) is 6.33. The third-order valence-electron chi connectivity index (χ3n) is 3.26. The largest absolute Gasteiger partial charge is 0.484 e. The van der Waals surface area contributed by atoms with Crippen molar-refractivity contribution >= 4 is 5.91 Å². The van der Waals surface area contributed by atoms with Crippen LogP contribution in [0.4, 0.5) is 0 Å². The van der Waals surface area contributed by atoms with E-state index in [9.17, 15) is 4.79 Å². The molecule has 1 heterocycles. The van der Waals surface area contributed by atoms with E-state index in [0.29, 0.717) is 13.1 Å². The van der Waals surface area contributed by atoms with Crippen molar-refractivity contribution in [2.45, 2.75) is 13.3 Å². The van der Waals surface area contributed by atoms with E-state index in [4.69, 9.17) is 9.84 Å². The third-order valence-corrected chi connectivity index (χ3v) is 3.26. The zero-order chi connectivity index (χ0) is 13.0. The van der Waals surface area contributed by atoms with Gasteiger partial charge in [0, 0.05) is 25.6 Å². The molecule has 4 heteroatoms. The number of amides is 1. The smallest absolute Gasteiger partial charge is 0.260 e. The molecule has 1 aromatic rings. The van der Waals surface area contributed by atoms with E-state index in [2.05, 4.69) is 6.92 Å². The lowest BCUT2D eigenvalue weighted by atomic mass is 10.0. The number of aliphatic hydroxyl groups is 1. The van der Waals surface area contributed by atoms with E-state index in [0.717, 1.165) is 12.2 Å². The summed E-state index contributed by atoms with van der Waals surface area (Å²) in [5.41, 5.74) is 1.25. The van der Waals surface area contributed by atoms with Crippen LogP contribution in [0, 0.1) is 5.92 Å². The van der Waals surface area contributed by atoms with Crippen molar-refractivity contribution in [1.29, 1.82) is 0 Å². The fourth-order valence-electron chi connectivity index (χ4n) is 1.95. The van der Waals surface area contributed by atoms with Crippen LogP contribution in [-0.4, -0.2) is 42.2 Å². The Hall–Kier alpha value is -1.55. The minimum atomic E-state index is -0.0146. The first kappa shape index (κ1) is 12.9. The molecule has 1 amide bonds. The first-order chi connectivity index (χ1) is 8.72. The van der Waals surface area contributed by atoms with Gasteiger partial charge in [0.05, 0.1) is 0 Å². The minimum absolute atomic E-state index is 0.0146. The van der Waals surface area contributed by atoms with E-state index in [-0.39, 0.29) is 25.0 Å². The van der Waals surface area contributed by atoms with Crippen molar-refractivity contribution in [3.63, 3.8) is 0 Å². The molecule has 0 radical (unpaired) electrons. The Morgan fingerprint density at radius 3 is 2.61 bits per heavy atom. The average molecular weight is 249 g/mol. The predicted octanol–water partition coefficient (Wildman–Crippen LogP) is 1.08. The highest BCUT2D eigenvalue weighted by Gasteiger charge is 2.29. The summed E-state index contributed by atoms with van der Waals surface area (Å²) < 4.78 is 5.44. The van der Waals surface area contributed by atoms with Crippen molar-refractivity contribution in [2.75, 3.05) is 26.3 Å². The molecule has 2 rings (SSSR count). The molecule has 1 aromatic carbocycles. The van der Waals surface area contributed by atoms with Gasteiger partial charge in [0.15, 0.2) is 6.61 Å². The Balaban J connectivity index is 1.75. The van der Waals surface area contributed by atoms with Crippen molar-refractivity contribution in [1.82, 2.24) is 4.90 Å². The maximum atomic E-state index is 11.7. The molecule has 0 spiro atoms. The Morgan fingerprint density at radius 2 is 2.06 bits per heavy atom. The van der Waals surface area contributed by atoms with Gasteiger partial charge in [0.1, 0.15) is 5.75 Å². The summed E-state index contributed by atoms with van der Waals surface area (Å²) in [5, 5.41) is 8.87. The predicted molar refractivity (Wildman–Crippen MR) is 68.5 cm³/mol. The lowest BCUT2D eigenvalue weighted by Gasteiger charge is -2.38. The summed E-state index contributed by atoms with van der Waals surface area (Å²) in [6.45, 7) is 3.62. The Morgan fingerprint density at radius 1 is 1.39 bits per heavy atom. The summed E-state index contributed by atoms with van der Waals surface area (Å²) in [4.78, 5) is 13.4. The average Bonchev–Trinajstić information content (AvgIpc) is 2.36. The van der Waals surface area contributed by atoms with Crippen LogP contribution in [0.3, 0.4) is 0 Å². The van der Waals surface area contributed by atoms with E-state index in [1.54, 1.807) is 4.90 Å². The van der Waals surface area contributed by atoms with Gasteiger partial charge in [-0.15, -0.1) is 0 Å². The van der Waals surface area contributed by atoms with Gasteiger partial charge >= 0.3 is 0 Å². The number of likely N-dealkylation sites (tertiary alicyclic amines) is 1. The van der Waals surface area contributed by atoms with Crippen LogP contribution in [0.5, 0.6) is 5.75 Å². The zero-order valence-corrected chi connectivity index (χ0v) is 10.6. The summed E-state index contributed by atoms with van der Waals surface area (Å²) in [5.74, 6) is 0.955. The van der Waals surface area contributed by atoms with Crippen LogP contribution in [0.15, 0.2) is 24.3 Å². The van der Waals surface area contributed by atoms with E-state index < -0.39 is 0 Å². The van der Waals surface area contributed by atoms with Gasteiger partial charge in [-0.1, -0.05) is 19.1 Å². The SMILES string of the molecule is CCc1ccc(OCC(=O)N2CC(CO)C2)cc1. The van der Waals surface area contributed by atoms with Gasteiger partial charge in [0.2, 0.25) is 0 Å². The number of carbonyl (C=O) groups excluding carboxylic acids is 1. The number of aryl methyl sites for hydroxylation is 1. The number of benzene rings is 1. The molecular formula is C14H19NO3. The maximum absolute atomic E-state index is 11.7. The van der Waals surface area contributed by atoms with Crippen LogP contribution in [0.1, 0.15) is 12.5 Å². The van der Waals surface area contributed by atoms with Gasteiger partial charge in [-0.05, 0) is 24.1 Å². The molecule has 0 unspecified atom stereocenters. The molecule has 1 N–H and O–H groups in total. The molecule has 0 bridgehead atoms. The number of hydrogen-bond acceptors (Lipinski definition) is 3. The standard InChI is InChI=1S/C14H19NO3/c1-2-11-3-5-13(6-4-11)18-10-14(17)15-7-12(8-15)9-16/h3-6,12,16H,2,7-10H2,1H3. The normalized spacial score (nSPS) is 15.3. The lowest BCUT2D eigenvalue weighted by molar-refractivity contribution is -0.140. The van der Waals surface area contributed by atoms with Crippen molar-refractivity contribution in [3.8, 4) is 5.75 Å². The van der Waals surface area contributed by atoms with E-state index >= 15 is 0 Å². The first-order valence-electron chi connectivity index (χ1n) is 6.33. The zero-order valence-electron chi connectivity index (χ0n) is 10.6. The van der Waals surface area contributed by atoms with Crippen molar-refractivity contribution < 1.29 is 14.6 Å². The number of rotatable bonds is 5. The van der Waals surface area contributed by atoms with Gasteiger partial charge in [0.25, 0.3) is 5.91 Å². The molecule has 0 aromatic heterocycles. The summed E-state index contributed by atoms with van der Waals surface area (Å²) in [7, 11) is 0. The van der Waals surface area contributed by atoms with Crippen LogP contribution in [0.25, 0.3) is 0 Å². The Kier molecular flexibility index (Phi) is 4.20. The molecule has 0 atom stereocenters. The minimum Gasteiger partial charge on any atom is -0.484 e. The summed E-state index contributed by atoms with van der Waals surface area (Å²) in [6, 6.07) is 7.79. The van der Waals surface area contributed by atoms with Gasteiger partial charge in [-0.2, -0.15) is 0 Å². The Bertz CT molecular complexity index is 396. The number of carbonyl (C=O) groups is 1. The second-order valence-electron chi connectivity index (χ2n) is 4.63. The van der Waals surface area contributed by atoms with Crippen molar-refractivity contribution in [2.24, 2.45) is 5.92 Å². The van der Waals surface area contributed by atoms with Crippen LogP contribution in [0.2, 0.25) is 0 Å². The molecule has 0 aliphatic carbocycles. The van der Waals surface area contributed by atoms with Crippen molar-refractivity contribution in [3.05, 3.63) is 29.8 Å². The molecule has 0 saturated carbocycles. The second-order valence-corrected chi connectivity index (χ2v) is 4.63. The number of nitrogens with zero attached hydrogens (tertiary/aromatic N) is 1. The van der Waals surface area contributed by atoms with Crippen LogP contribution in [-0.2, 0) is 11.2 Å². The maximum Gasteiger partial charge on any atom is 0.260 e. The lowest BCUT2D eigenvalue weighted by Crippen LogP contribution is -2.52. The van der Waals surface area contributed by atoms with Crippen LogP contribution < -0.4 is 4.74 Å². The summed E-state index contributed by atoms with van der Waals surface area (Å²) in [6.07, 6.45) is 0.996. The van der Waals surface area contributed by atoms with E-state index in [1.807, 2.05) is 24.3 Å². The molecule has 1 saturated heterocycles. The van der Waals surface area contributed by atoms with Gasteiger partial charge < -0.3 is 14.7 Å². The van der Waals surface area contributed by atoms with E-state index in [1.165, 1.54) is 5.56 Å². The number of ether oxygens (including phenoxy) is 1. The molecule has 1 fully saturated rings. The number of hydrogen-bond donors (Lipinski definition) is 1. The quantitative estimate of drug-likeness (QED) is 0.849. The molecule has 1 aliphatic rings. The number of aliphatic hydroxyl groups excluding tert-OH is 1. The van der Waals surface area contributed by atoms with Crippen LogP contribution >= 0.6 is 0 Å². The monoisotopic (exact) mass is 249 g/mol. The molecule has 4 nitrogen and oxygen atoms in total. The Labute approximate surface area is 107 Å². The molecule has 18 heavy (non-hydrogen) atoms. The molecule has 1 aliphatic heterocycles. The fraction of sp³-hybridized carbons (Fsp3) is 0.500. The third kappa shape index (κ3) is 3.01. The molecular weight excluding hydrogens is 230 g/mol. The highest BCUT2D eigenvalue weighted by atomic mass is 16.5. The highest BCUT2D eigenvalue weighted by Crippen LogP contribution is 2.16. The molecule has 98 valence electrons. The fourth-order valence-corrected chi connectivity index (χ4v) is 1.95.